The zero-order valence-electron chi connectivity index (χ0n) is 5.27. The molecule has 0 bridgehead atoms. The predicted molar refractivity (Wildman–Crippen MR) is 48.6 cm³/mol. The second-order valence-electron chi connectivity index (χ2n) is 1.95. The highest BCUT2D eigenvalue weighted by atomic mass is 79.9. The minimum atomic E-state index is 0.551. The lowest BCUT2D eigenvalue weighted by Crippen LogP contribution is -1.82. The fourth-order valence-electron chi connectivity index (χ4n) is 0.667. The molecule has 0 unspecified atom stereocenters. The lowest BCUT2D eigenvalue weighted by atomic mass is 9.97. The van der Waals surface area contributed by atoms with Crippen molar-refractivity contribution < 1.29 is 0 Å². The molecular weight excluding hydrogens is 210 g/mol. The van der Waals surface area contributed by atoms with Gasteiger partial charge in [-0.15, -0.1) is 0 Å². The van der Waals surface area contributed by atoms with Crippen molar-refractivity contribution in [3.05, 3.63) is 33.3 Å². The fraction of sp³-hybridized carbons (Fsp3) is 0.143. The van der Waals surface area contributed by atoms with Gasteiger partial charge in [-0.05, 0) is 28.1 Å². The maximum Gasteiger partial charge on any atom is 0.0716 e. The summed E-state index contributed by atoms with van der Waals surface area (Å²) in [7, 11) is 5.40. The number of hydrogen-bond donors (Lipinski definition) is 0. The van der Waals surface area contributed by atoms with Crippen molar-refractivity contribution in [2.75, 3.05) is 0 Å². The first-order chi connectivity index (χ1) is 4.74. The molecule has 0 saturated carbocycles. The van der Waals surface area contributed by atoms with Crippen molar-refractivity contribution in [1.29, 1.82) is 0 Å². The third kappa shape index (κ3) is 1.77. The van der Waals surface area contributed by atoms with Crippen LogP contribution >= 0.6 is 27.5 Å². The van der Waals surface area contributed by atoms with Crippen LogP contribution in [0.2, 0.25) is 5.02 Å². The van der Waals surface area contributed by atoms with Crippen LogP contribution in [0, 0.1) is 0 Å². The Bertz CT molecular complexity index is 237. The molecular formula is C7H5BBrCl. The van der Waals surface area contributed by atoms with Gasteiger partial charge in [-0.1, -0.05) is 29.6 Å². The minimum absolute atomic E-state index is 0.551. The van der Waals surface area contributed by atoms with Crippen LogP contribution in [0.25, 0.3) is 0 Å². The van der Waals surface area contributed by atoms with E-state index in [0.717, 1.165) is 15.1 Å². The summed E-state index contributed by atoms with van der Waals surface area (Å²) in [5, 5.41) is 0.720. The molecule has 1 aromatic carbocycles. The summed E-state index contributed by atoms with van der Waals surface area (Å²) in [6, 6.07) is 5.66. The SMILES string of the molecule is [B]Cc1ccc(Cl)c(Br)c1. The molecule has 0 nitrogen and oxygen atoms in total. The first kappa shape index (κ1) is 8.15. The van der Waals surface area contributed by atoms with E-state index in [1.165, 1.54) is 0 Å². The van der Waals surface area contributed by atoms with Crippen molar-refractivity contribution in [2.45, 2.75) is 6.32 Å². The average molecular weight is 215 g/mol. The van der Waals surface area contributed by atoms with Crippen LogP contribution in [0.4, 0.5) is 0 Å². The minimum Gasteiger partial charge on any atom is -0.0831 e. The molecule has 0 aliphatic rings. The molecule has 0 aromatic heterocycles. The summed E-state index contributed by atoms with van der Waals surface area (Å²) in [4.78, 5) is 0. The molecule has 2 radical (unpaired) electrons. The Kier molecular flexibility index (Phi) is 2.81. The monoisotopic (exact) mass is 214 g/mol. The average Bonchev–Trinajstić information content (AvgIpc) is 1.95. The Balaban J connectivity index is 3.04. The van der Waals surface area contributed by atoms with Gasteiger partial charge in [-0.3, -0.25) is 0 Å². The molecule has 3 heteroatoms. The van der Waals surface area contributed by atoms with Crippen molar-refractivity contribution in [3.63, 3.8) is 0 Å². The van der Waals surface area contributed by atoms with E-state index in [-0.39, 0.29) is 0 Å². The van der Waals surface area contributed by atoms with E-state index in [9.17, 15) is 0 Å². The van der Waals surface area contributed by atoms with Crippen molar-refractivity contribution >= 4 is 35.4 Å². The second-order valence-corrected chi connectivity index (χ2v) is 3.21. The van der Waals surface area contributed by atoms with Gasteiger partial charge in [-0.2, -0.15) is 0 Å². The molecule has 1 aromatic rings. The number of rotatable bonds is 1. The van der Waals surface area contributed by atoms with Crippen LogP contribution in [0.15, 0.2) is 22.7 Å². The Morgan fingerprint density at radius 1 is 1.50 bits per heavy atom. The van der Waals surface area contributed by atoms with Crippen LogP contribution in [-0.4, -0.2) is 7.85 Å². The number of hydrogen-bond acceptors (Lipinski definition) is 0. The normalized spacial score (nSPS) is 9.80. The van der Waals surface area contributed by atoms with E-state index in [2.05, 4.69) is 15.9 Å². The van der Waals surface area contributed by atoms with Gasteiger partial charge < -0.3 is 0 Å². The van der Waals surface area contributed by atoms with E-state index in [1.54, 1.807) is 0 Å². The lowest BCUT2D eigenvalue weighted by molar-refractivity contribution is 1.39. The number of benzene rings is 1. The molecule has 10 heavy (non-hydrogen) atoms. The molecule has 0 amide bonds. The van der Waals surface area contributed by atoms with Crippen molar-refractivity contribution in [3.8, 4) is 0 Å². The maximum atomic E-state index is 5.75. The van der Waals surface area contributed by atoms with Crippen molar-refractivity contribution in [1.82, 2.24) is 0 Å². The number of halogens is 2. The summed E-state index contributed by atoms with van der Waals surface area (Å²) in [5.74, 6) is 0. The molecule has 0 atom stereocenters. The molecule has 0 heterocycles. The van der Waals surface area contributed by atoms with E-state index >= 15 is 0 Å². The lowest BCUT2D eigenvalue weighted by Gasteiger charge is -1.98. The zero-order valence-corrected chi connectivity index (χ0v) is 7.61. The Hall–Kier alpha value is 0.0549. The quantitative estimate of drug-likeness (QED) is 0.632. The Labute approximate surface area is 75.1 Å². The standard InChI is InChI=1S/C7H5BBrCl/c8-4-5-1-2-7(10)6(9)3-5/h1-3H,4H2. The van der Waals surface area contributed by atoms with Gasteiger partial charge in [0.15, 0.2) is 0 Å². The highest BCUT2D eigenvalue weighted by Gasteiger charge is 1.95. The first-order valence-corrected chi connectivity index (χ1v) is 4.05. The zero-order chi connectivity index (χ0) is 7.56. The molecule has 1 rings (SSSR count). The van der Waals surface area contributed by atoms with E-state index in [1.807, 2.05) is 18.2 Å². The molecule has 0 aliphatic carbocycles. The van der Waals surface area contributed by atoms with Crippen LogP contribution in [0.5, 0.6) is 0 Å². The predicted octanol–water partition coefficient (Wildman–Crippen LogP) is 2.77. The maximum absolute atomic E-state index is 5.75. The van der Waals surface area contributed by atoms with E-state index < -0.39 is 0 Å². The van der Waals surface area contributed by atoms with E-state index in [0.29, 0.717) is 6.32 Å². The van der Waals surface area contributed by atoms with Gasteiger partial charge >= 0.3 is 0 Å². The fourth-order valence-corrected chi connectivity index (χ4v) is 1.21. The largest absolute Gasteiger partial charge is 0.0831 e. The highest BCUT2D eigenvalue weighted by Crippen LogP contribution is 2.22. The molecule has 0 spiro atoms. The van der Waals surface area contributed by atoms with Gasteiger partial charge in [0.05, 0.1) is 12.9 Å². The summed E-state index contributed by atoms with van der Waals surface area (Å²) in [5.41, 5.74) is 1.08. The summed E-state index contributed by atoms with van der Waals surface area (Å²) in [6.07, 6.45) is 0.551. The summed E-state index contributed by atoms with van der Waals surface area (Å²) < 4.78 is 0.900. The topological polar surface area (TPSA) is 0 Å². The van der Waals surface area contributed by atoms with Crippen LogP contribution < -0.4 is 0 Å². The van der Waals surface area contributed by atoms with Gasteiger partial charge in [0.2, 0.25) is 0 Å². The van der Waals surface area contributed by atoms with Crippen LogP contribution in [0.1, 0.15) is 5.56 Å². The summed E-state index contributed by atoms with van der Waals surface area (Å²) >= 11 is 9.05. The third-order valence-electron chi connectivity index (χ3n) is 1.22. The van der Waals surface area contributed by atoms with Gasteiger partial charge in [0.1, 0.15) is 0 Å². The van der Waals surface area contributed by atoms with Gasteiger partial charge in [0.25, 0.3) is 0 Å². The highest BCUT2D eigenvalue weighted by molar-refractivity contribution is 9.10. The molecule has 0 fully saturated rings. The van der Waals surface area contributed by atoms with Gasteiger partial charge in [-0.25, -0.2) is 0 Å². The van der Waals surface area contributed by atoms with Crippen LogP contribution in [0.3, 0.4) is 0 Å². The molecule has 50 valence electrons. The molecule has 0 N–H and O–H groups in total. The Morgan fingerprint density at radius 2 is 2.20 bits per heavy atom. The smallest absolute Gasteiger partial charge is 0.0716 e. The third-order valence-corrected chi connectivity index (χ3v) is 2.43. The molecule has 0 saturated heterocycles. The summed E-state index contributed by atoms with van der Waals surface area (Å²) in [6.45, 7) is 0. The molecule has 0 aliphatic heterocycles. The Morgan fingerprint density at radius 3 is 2.70 bits per heavy atom. The first-order valence-electron chi connectivity index (χ1n) is 2.88. The van der Waals surface area contributed by atoms with E-state index in [4.69, 9.17) is 19.4 Å². The van der Waals surface area contributed by atoms with Crippen molar-refractivity contribution in [2.24, 2.45) is 0 Å². The van der Waals surface area contributed by atoms with Gasteiger partial charge in [0, 0.05) is 4.47 Å². The second kappa shape index (κ2) is 3.45. The van der Waals surface area contributed by atoms with Crippen LogP contribution in [-0.2, 0) is 6.32 Å².